The molecule has 0 radical (unpaired) electrons. The molecule has 448 valence electrons. The second-order valence-electron chi connectivity index (χ2n) is 21.0. The molecular formula is C54H70N6O20S2. The van der Waals surface area contributed by atoms with Crippen molar-refractivity contribution in [3.05, 3.63) is 84.9 Å². The minimum Gasteiger partial charge on any atom is -0.497 e. The second-order valence-corrected chi connectivity index (χ2v) is 24.6. The van der Waals surface area contributed by atoms with Crippen molar-refractivity contribution < 1.29 is 95.7 Å². The molecular weight excluding hydrogens is 1120 g/mol. The van der Waals surface area contributed by atoms with Crippen LogP contribution < -0.4 is 37.7 Å². The first-order valence-corrected chi connectivity index (χ1v) is 29.4. The van der Waals surface area contributed by atoms with Crippen LogP contribution in [0.5, 0.6) is 11.5 Å². The first-order chi connectivity index (χ1) is 38.9. The van der Waals surface area contributed by atoms with Crippen LogP contribution in [0.2, 0.25) is 0 Å². The minimum atomic E-state index is -3.95. The molecule has 6 heterocycles. The van der Waals surface area contributed by atoms with E-state index in [-0.39, 0.29) is 47.4 Å². The average molecular weight is 1190 g/mol. The van der Waals surface area contributed by atoms with Crippen molar-refractivity contribution in [2.24, 2.45) is 0 Å². The lowest BCUT2D eigenvalue weighted by Gasteiger charge is -2.41. The number of aliphatic hydroxyl groups excluding tert-OH is 8. The standard InChI is InChI=1S/2C27H35N3O10S/c1-15-13-28(2)20-12-17(38-3)6-9-19(20)30(15)41(36,37)18-7-4-16(5-8-18)29-11-10-21(26(29)34)39-25-23(32)22(14-31)40-27(35)24(25)33;1-15-13-28(2)20-12-17(38-3)6-9-19(20)30(15)41(36,37)18-7-4-16(5-8-18)29-11-10-21(26(29)34)39-14-22-23(31)24(32)25(33)27(35)40-22/h2*4-9,12,15,21-25,27,31-33,35H,10-11,13-14H2,1-3H3/t15?,21?,22-,23-,24-,25?,27+;15?,21?,22-,23-,24+,25-,27+/m11/s1. The molecule has 2 amide bonds. The molecule has 82 heavy (non-hydrogen) atoms. The second kappa shape index (κ2) is 24.3. The van der Waals surface area contributed by atoms with E-state index in [4.69, 9.17) is 28.4 Å². The zero-order chi connectivity index (χ0) is 59.3. The molecule has 26 nitrogen and oxygen atoms in total. The highest BCUT2D eigenvalue weighted by Crippen LogP contribution is 2.43. The number of fused-ring (bicyclic) bond motifs is 2. The monoisotopic (exact) mass is 1190 g/mol. The van der Waals surface area contributed by atoms with E-state index in [0.717, 1.165) is 11.4 Å². The number of hydrogen-bond donors (Lipinski definition) is 8. The predicted octanol–water partition coefficient (Wildman–Crippen LogP) is -0.699. The molecule has 6 aliphatic rings. The van der Waals surface area contributed by atoms with Gasteiger partial charge in [0.2, 0.25) is 0 Å². The highest BCUT2D eigenvalue weighted by Gasteiger charge is 2.49. The summed E-state index contributed by atoms with van der Waals surface area (Å²) in [4.78, 5) is 33.3. The van der Waals surface area contributed by atoms with Gasteiger partial charge in [0.15, 0.2) is 12.6 Å². The number of amides is 2. The maximum Gasteiger partial charge on any atom is 0.264 e. The molecule has 8 N–H and O–H groups in total. The van der Waals surface area contributed by atoms with Crippen LogP contribution in [0.4, 0.5) is 34.1 Å². The Balaban J connectivity index is 0.000000198. The Bertz CT molecular complexity index is 3170. The van der Waals surface area contributed by atoms with Crippen molar-refractivity contribution in [1.29, 1.82) is 0 Å². The van der Waals surface area contributed by atoms with E-state index < -0.39 is 106 Å². The Kier molecular flexibility index (Phi) is 18.0. The zero-order valence-electron chi connectivity index (χ0n) is 45.8. The number of ether oxygens (including phenoxy) is 6. The van der Waals surface area contributed by atoms with Crippen LogP contribution in [0.1, 0.15) is 26.7 Å². The third-order valence-electron chi connectivity index (χ3n) is 15.6. The number of methoxy groups -OCH3 is 2. The van der Waals surface area contributed by atoms with Crippen LogP contribution in [0, 0.1) is 0 Å². The van der Waals surface area contributed by atoms with Crippen molar-refractivity contribution in [3.8, 4) is 11.5 Å². The van der Waals surface area contributed by atoms with Gasteiger partial charge in [0.05, 0.1) is 72.1 Å². The fourth-order valence-corrected chi connectivity index (χ4v) is 14.5. The quantitative estimate of drug-likeness (QED) is 0.0774. The van der Waals surface area contributed by atoms with E-state index >= 15 is 0 Å². The van der Waals surface area contributed by atoms with E-state index in [1.54, 1.807) is 74.9 Å². The van der Waals surface area contributed by atoms with Gasteiger partial charge in [-0.3, -0.25) is 18.2 Å². The summed E-state index contributed by atoms with van der Waals surface area (Å²) in [6.45, 7) is 4.32. The lowest BCUT2D eigenvalue weighted by Crippen LogP contribution is -2.60. The highest BCUT2D eigenvalue weighted by atomic mass is 32.2. The SMILES string of the molecule is COc1ccc2c(c1)N(C)CC(C)N2S(=O)(=O)c1ccc(N2CCC(OC3[C@@H](O)[C@@H](O)O[C@H](CO)[C@H]3O)C2=O)cc1.COc1ccc2c(c1)N(C)CC(C)N2S(=O)(=O)c1ccc(N2CCC(OC[C@H]3O[C@H](O)[C@H](O)[C@@H](O)[C@@H]3O)C2=O)cc1. The van der Waals surface area contributed by atoms with Gasteiger partial charge in [0, 0.05) is 76.6 Å². The number of sulfonamides is 2. The first-order valence-electron chi connectivity index (χ1n) is 26.6. The van der Waals surface area contributed by atoms with E-state index in [9.17, 15) is 67.3 Å². The van der Waals surface area contributed by atoms with Crippen LogP contribution in [0.3, 0.4) is 0 Å². The number of benzene rings is 4. The number of nitrogens with zero attached hydrogens (tertiary/aromatic N) is 6. The molecule has 10 rings (SSSR count). The average Bonchev–Trinajstić information content (AvgIpc) is 4.18. The summed E-state index contributed by atoms with van der Waals surface area (Å²) >= 11 is 0. The highest BCUT2D eigenvalue weighted by molar-refractivity contribution is 7.93. The van der Waals surface area contributed by atoms with Crippen molar-refractivity contribution in [2.45, 2.75) is 122 Å². The molecule has 0 bridgehead atoms. The van der Waals surface area contributed by atoms with Crippen LogP contribution in [0.15, 0.2) is 94.7 Å². The molecule has 4 aromatic rings. The lowest BCUT2D eigenvalue weighted by atomic mass is 9.99. The van der Waals surface area contributed by atoms with Crippen LogP contribution >= 0.6 is 0 Å². The van der Waals surface area contributed by atoms with Gasteiger partial charge in [-0.2, -0.15) is 0 Å². The molecule has 5 unspecified atom stereocenters. The molecule has 14 atom stereocenters. The van der Waals surface area contributed by atoms with E-state index in [2.05, 4.69) is 0 Å². The van der Waals surface area contributed by atoms with Crippen LogP contribution in [0.25, 0.3) is 0 Å². The Morgan fingerprint density at radius 2 is 0.988 bits per heavy atom. The number of rotatable bonds is 14. The smallest absolute Gasteiger partial charge is 0.264 e. The van der Waals surface area contributed by atoms with Gasteiger partial charge < -0.3 is 88.9 Å². The van der Waals surface area contributed by atoms with Crippen LogP contribution in [-0.4, -0.2) is 223 Å². The van der Waals surface area contributed by atoms with Gasteiger partial charge in [0.25, 0.3) is 31.9 Å². The van der Waals surface area contributed by atoms with Crippen molar-refractivity contribution in [1.82, 2.24) is 0 Å². The minimum absolute atomic E-state index is 0.0661. The molecule has 4 saturated heterocycles. The maximum absolute atomic E-state index is 13.8. The molecule has 4 aromatic carbocycles. The number of hydrogen-bond acceptors (Lipinski definition) is 22. The Hall–Kier alpha value is -5.96. The van der Waals surface area contributed by atoms with E-state index in [1.807, 2.05) is 37.7 Å². The van der Waals surface area contributed by atoms with Gasteiger partial charge in [0.1, 0.15) is 72.5 Å². The normalized spacial score (nSPS) is 30.5. The van der Waals surface area contributed by atoms with E-state index in [1.165, 1.54) is 42.7 Å². The summed E-state index contributed by atoms with van der Waals surface area (Å²) < 4.78 is 90.1. The Morgan fingerprint density at radius 1 is 0.549 bits per heavy atom. The molecule has 0 aromatic heterocycles. The van der Waals surface area contributed by atoms with Crippen molar-refractivity contribution in [3.63, 3.8) is 0 Å². The Labute approximate surface area is 474 Å². The molecule has 4 fully saturated rings. The van der Waals surface area contributed by atoms with Crippen LogP contribution in [-0.2, 0) is 48.6 Å². The third kappa shape index (κ3) is 11.5. The summed E-state index contributed by atoms with van der Waals surface area (Å²) in [5.74, 6) is 0.440. The fourth-order valence-electron chi connectivity index (χ4n) is 11.2. The number of likely N-dealkylation sites (N-methyl/N-ethyl adjacent to an activating group) is 2. The zero-order valence-corrected chi connectivity index (χ0v) is 47.4. The van der Waals surface area contributed by atoms with E-state index in [0.29, 0.717) is 60.3 Å². The number of carbonyl (C=O) groups is 2. The summed E-state index contributed by atoms with van der Waals surface area (Å²) in [5, 5.41) is 79.2. The summed E-state index contributed by atoms with van der Waals surface area (Å²) in [6.07, 6.45) is -16.3. The van der Waals surface area contributed by atoms with Gasteiger partial charge in [-0.1, -0.05) is 0 Å². The third-order valence-corrected chi connectivity index (χ3v) is 19.5. The van der Waals surface area contributed by atoms with Crippen molar-refractivity contribution in [2.75, 3.05) is 95.9 Å². The number of aliphatic hydroxyl groups is 8. The summed E-state index contributed by atoms with van der Waals surface area (Å²) in [7, 11) is -0.973. The van der Waals surface area contributed by atoms with Crippen molar-refractivity contribution >= 4 is 66.0 Å². The predicted molar refractivity (Wildman–Crippen MR) is 295 cm³/mol. The molecule has 28 heteroatoms. The maximum atomic E-state index is 13.8. The topological polar surface area (TPSA) is 339 Å². The number of carbonyl (C=O) groups excluding carboxylic acids is 2. The van der Waals surface area contributed by atoms with Gasteiger partial charge in [-0.25, -0.2) is 16.8 Å². The molecule has 6 aliphatic heterocycles. The fraction of sp³-hybridized carbons (Fsp3) is 0.519. The molecule has 0 aliphatic carbocycles. The largest absolute Gasteiger partial charge is 0.497 e. The van der Waals surface area contributed by atoms with Gasteiger partial charge in [-0.15, -0.1) is 0 Å². The Morgan fingerprint density at radius 3 is 1.45 bits per heavy atom. The summed E-state index contributed by atoms with van der Waals surface area (Å²) in [5.41, 5.74) is 3.51. The van der Waals surface area contributed by atoms with Gasteiger partial charge in [-0.05, 0) is 86.6 Å². The lowest BCUT2D eigenvalue weighted by molar-refractivity contribution is -0.298. The number of anilines is 6. The van der Waals surface area contributed by atoms with Gasteiger partial charge >= 0.3 is 0 Å². The first kappa shape index (κ1) is 60.6. The molecule has 0 spiro atoms. The summed E-state index contributed by atoms with van der Waals surface area (Å²) in [6, 6.07) is 21.9. The molecule has 0 saturated carbocycles.